The first-order chi connectivity index (χ1) is 17.3. The number of hydrogen-bond donors (Lipinski definition) is 1. The summed E-state index contributed by atoms with van der Waals surface area (Å²) in [6, 6.07) is 18.6. The van der Waals surface area contributed by atoms with Crippen molar-refractivity contribution in [1.29, 1.82) is 0 Å². The third kappa shape index (κ3) is 7.54. The molecule has 1 heterocycles. The van der Waals surface area contributed by atoms with Crippen molar-refractivity contribution in [1.82, 2.24) is 10.2 Å². The summed E-state index contributed by atoms with van der Waals surface area (Å²) >= 11 is 1.76. The number of piperidine rings is 1. The first-order valence-corrected chi connectivity index (χ1v) is 13.1. The molecule has 1 aliphatic heterocycles. The van der Waals surface area contributed by atoms with Crippen LogP contribution < -0.4 is 5.32 Å². The number of rotatable bonds is 9. The zero-order chi connectivity index (χ0) is 25.5. The van der Waals surface area contributed by atoms with Crippen LogP contribution in [-0.2, 0) is 12.7 Å². The molecule has 0 spiro atoms. The smallest absolute Gasteiger partial charge is 0.310 e. The minimum absolute atomic E-state index is 0.00543. The molecular weight excluding hydrogens is 491 g/mol. The van der Waals surface area contributed by atoms with Gasteiger partial charge in [0.05, 0.1) is 10.8 Å². The monoisotopic (exact) mass is 520 g/mol. The summed E-state index contributed by atoms with van der Waals surface area (Å²) in [5.74, 6) is 0.316. The van der Waals surface area contributed by atoms with Gasteiger partial charge in [-0.2, -0.15) is 13.2 Å². The van der Waals surface area contributed by atoms with E-state index in [1.54, 1.807) is 36.0 Å². The van der Waals surface area contributed by atoms with Crippen molar-refractivity contribution >= 4 is 11.8 Å². The van der Waals surface area contributed by atoms with Gasteiger partial charge in [-0.3, -0.25) is 0 Å². The van der Waals surface area contributed by atoms with Crippen LogP contribution in [0.1, 0.15) is 40.3 Å². The van der Waals surface area contributed by atoms with E-state index in [0.29, 0.717) is 12.6 Å². The molecule has 1 saturated heterocycles. The van der Waals surface area contributed by atoms with Gasteiger partial charge in [0.15, 0.2) is 0 Å². The first-order valence-electron chi connectivity index (χ1n) is 12.0. The van der Waals surface area contributed by atoms with E-state index < -0.39 is 11.7 Å². The molecule has 0 unspecified atom stereocenters. The molecule has 3 aromatic rings. The maximum absolute atomic E-state index is 13.4. The van der Waals surface area contributed by atoms with Gasteiger partial charge in [-0.1, -0.05) is 36.4 Å². The summed E-state index contributed by atoms with van der Waals surface area (Å²) in [5, 5.41) is 3.46. The Morgan fingerprint density at radius 2 is 1.33 bits per heavy atom. The highest BCUT2D eigenvalue weighted by atomic mass is 32.2. The molecule has 0 atom stereocenters. The Balaban J connectivity index is 1.23. The summed E-state index contributed by atoms with van der Waals surface area (Å²) < 4.78 is 65.0. The van der Waals surface area contributed by atoms with Crippen LogP contribution in [0.4, 0.5) is 22.0 Å². The standard InChI is InChI=1S/C28H29F5N2S/c29-24-9-3-21(4-10-24)27(22-5-11-25(30)12-6-22)36-18-17-35-15-13-26(14-16-35)34-19-20-1-7-23(8-2-20)28(31,32)33/h1-12,26-27,34H,13-19H2. The first kappa shape index (κ1) is 26.6. The molecule has 0 amide bonds. The maximum atomic E-state index is 13.4. The van der Waals surface area contributed by atoms with Crippen LogP contribution in [-0.4, -0.2) is 36.3 Å². The van der Waals surface area contributed by atoms with E-state index in [1.165, 1.54) is 36.4 Å². The molecule has 36 heavy (non-hydrogen) atoms. The third-order valence-electron chi connectivity index (χ3n) is 6.50. The van der Waals surface area contributed by atoms with Crippen molar-refractivity contribution in [2.24, 2.45) is 0 Å². The molecule has 1 N–H and O–H groups in total. The number of benzene rings is 3. The van der Waals surface area contributed by atoms with Crippen LogP contribution in [0.25, 0.3) is 0 Å². The zero-order valence-corrected chi connectivity index (χ0v) is 20.6. The Kier molecular flexibility index (Phi) is 9.04. The zero-order valence-electron chi connectivity index (χ0n) is 19.8. The van der Waals surface area contributed by atoms with Crippen molar-refractivity contribution in [3.63, 3.8) is 0 Å². The Morgan fingerprint density at radius 3 is 1.83 bits per heavy atom. The molecule has 0 aromatic heterocycles. The topological polar surface area (TPSA) is 15.3 Å². The Bertz CT molecular complexity index is 1030. The number of hydrogen-bond acceptors (Lipinski definition) is 3. The predicted molar refractivity (Wildman–Crippen MR) is 135 cm³/mol. The molecule has 0 radical (unpaired) electrons. The summed E-state index contributed by atoms with van der Waals surface area (Å²) in [6.45, 7) is 3.36. The van der Waals surface area contributed by atoms with Crippen molar-refractivity contribution in [2.75, 3.05) is 25.4 Å². The van der Waals surface area contributed by atoms with Gasteiger partial charge >= 0.3 is 6.18 Å². The van der Waals surface area contributed by atoms with Crippen LogP contribution in [0.3, 0.4) is 0 Å². The number of alkyl halides is 3. The largest absolute Gasteiger partial charge is 0.416 e. The minimum Gasteiger partial charge on any atom is -0.310 e. The second kappa shape index (κ2) is 12.2. The number of halogens is 5. The van der Waals surface area contributed by atoms with Crippen LogP contribution >= 0.6 is 11.8 Å². The van der Waals surface area contributed by atoms with Gasteiger partial charge in [0, 0.05) is 24.9 Å². The molecule has 0 bridgehead atoms. The molecule has 0 aliphatic carbocycles. The highest BCUT2D eigenvalue weighted by molar-refractivity contribution is 7.99. The summed E-state index contributed by atoms with van der Waals surface area (Å²) in [5.41, 5.74) is 2.19. The maximum Gasteiger partial charge on any atom is 0.416 e. The second-order valence-electron chi connectivity index (χ2n) is 9.05. The molecule has 1 fully saturated rings. The fraction of sp³-hybridized carbons (Fsp3) is 0.357. The molecule has 0 saturated carbocycles. The second-order valence-corrected chi connectivity index (χ2v) is 10.3. The normalized spacial score (nSPS) is 15.5. The highest BCUT2D eigenvalue weighted by Crippen LogP contribution is 2.36. The van der Waals surface area contributed by atoms with Gasteiger partial charge in [-0.05, 0) is 79.0 Å². The summed E-state index contributed by atoms with van der Waals surface area (Å²) in [4.78, 5) is 2.41. The van der Waals surface area contributed by atoms with Gasteiger partial charge in [0.1, 0.15) is 11.6 Å². The number of thioether (sulfide) groups is 1. The fourth-order valence-electron chi connectivity index (χ4n) is 4.39. The van der Waals surface area contributed by atoms with E-state index in [9.17, 15) is 22.0 Å². The number of nitrogens with one attached hydrogen (secondary N) is 1. The van der Waals surface area contributed by atoms with Gasteiger partial charge < -0.3 is 10.2 Å². The molecule has 3 aromatic carbocycles. The number of nitrogens with zero attached hydrogens (tertiary/aromatic N) is 1. The van der Waals surface area contributed by atoms with E-state index in [0.717, 1.165) is 67.1 Å². The average molecular weight is 521 g/mol. The quantitative estimate of drug-likeness (QED) is 0.304. The fourth-order valence-corrected chi connectivity index (χ4v) is 5.69. The van der Waals surface area contributed by atoms with E-state index >= 15 is 0 Å². The Hall–Kier alpha value is -2.42. The lowest BCUT2D eigenvalue weighted by Gasteiger charge is -2.32. The molecule has 192 valence electrons. The van der Waals surface area contributed by atoms with Crippen LogP contribution in [0.5, 0.6) is 0 Å². The molecular formula is C28H29F5N2S. The van der Waals surface area contributed by atoms with Crippen LogP contribution in [0.15, 0.2) is 72.8 Å². The lowest BCUT2D eigenvalue weighted by molar-refractivity contribution is -0.137. The summed E-state index contributed by atoms with van der Waals surface area (Å²) in [6.07, 6.45) is -2.36. The lowest BCUT2D eigenvalue weighted by Crippen LogP contribution is -2.43. The Morgan fingerprint density at radius 1 is 0.806 bits per heavy atom. The predicted octanol–water partition coefficient (Wildman–Crippen LogP) is 7.06. The van der Waals surface area contributed by atoms with Gasteiger partial charge in [-0.15, -0.1) is 11.8 Å². The SMILES string of the molecule is Fc1ccc(C(SCCN2CCC(NCc3ccc(C(F)(F)F)cc3)CC2)c2ccc(F)cc2)cc1. The molecule has 2 nitrogen and oxygen atoms in total. The Labute approximate surface area is 212 Å². The van der Waals surface area contributed by atoms with Gasteiger partial charge in [-0.25, -0.2) is 8.78 Å². The van der Waals surface area contributed by atoms with Crippen molar-refractivity contribution in [2.45, 2.75) is 36.9 Å². The van der Waals surface area contributed by atoms with Crippen molar-refractivity contribution in [3.05, 3.63) is 107 Å². The minimum atomic E-state index is -4.31. The number of likely N-dealkylation sites (tertiary alicyclic amines) is 1. The van der Waals surface area contributed by atoms with E-state index in [2.05, 4.69) is 10.2 Å². The van der Waals surface area contributed by atoms with Gasteiger partial charge in [0.2, 0.25) is 0 Å². The van der Waals surface area contributed by atoms with Gasteiger partial charge in [0.25, 0.3) is 0 Å². The summed E-state index contributed by atoms with van der Waals surface area (Å²) in [7, 11) is 0. The van der Waals surface area contributed by atoms with Crippen molar-refractivity contribution < 1.29 is 22.0 Å². The van der Waals surface area contributed by atoms with E-state index in [-0.39, 0.29) is 16.9 Å². The third-order valence-corrected chi connectivity index (χ3v) is 7.80. The highest BCUT2D eigenvalue weighted by Gasteiger charge is 2.30. The van der Waals surface area contributed by atoms with Crippen LogP contribution in [0.2, 0.25) is 0 Å². The van der Waals surface area contributed by atoms with E-state index in [4.69, 9.17) is 0 Å². The lowest BCUT2D eigenvalue weighted by atomic mass is 10.0. The molecule has 8 heteroatoms. The average Bonchev–Trinajstić information content (AvgIpc) is 2.87. The molecule has 1 aliphatic rings. The van der Waals surface area contributed by atoms with Crippen LogP contribution in [0, 0.1) is 11.6 Å². The van der Waals surface area contributed by atoms with E-state index in [1.807, 2.05) is 0 Å². The van der Waals surface area contributed by atoms with Crippen molar-refractivity contribution in [3.8, 4) is 0 Å². The molecule has 4 rings (SSSR count).